The second-order valence-electron chi connectivity index (χ2n) is 7.14. The van der Waals surface area contributed by atoms with Crippen LogP contribution in [-0.4, -0.2) is 59.8 Å². The smallest absolute Gasteiger partial charge is 0.317 e. The van der Waals surface area contributed by atoms with Crippen LogP contribution in [0.5, 0.6) is 0 Å². The number of likely N-dealkylation sites (N-methyl/N-ethyl adjacent to an activating group) is 1. The molecule has 0 spiro atoms. The van der Waals surface area contributed by atoms with Crippen LogP contribution in [0.1, 0.15) is 17.5 Å². The molecule has 140 valence electrons. The molecular weight excluding hydrogens is 346 g/mol. The van der Waals surface area contributed by atoms with Crippen molar-refractivity contribution in [2.45, 2.75) is 25.0 Å². The average Bonchev–Trinajstić information content (AvgIpc) is 3.26. The summed E-state index contributed by atoms with van der Waals surface area (Å²) in [5.74, 6) is 0. The molecule has 1 saturated heterocycles. The second kappa shape index (κ2) is 8.66. The lowest BCUT2D eigenvalue weighted by molar-refractivity contribution is 0.0261. The first-order chi connectivity index (χ1) is 12.5. The van der Waals surface area contributed by atoms with Crippen molar-refractivity contribution < 1.29 is 9.90 Å². The number of carbonyl (C=O) groups excluding carboxylic acids is 1. The van der Waals surface area contributed by atoms with Crippen molar-refractivity contribution in [2.75, 3.05) is 33.2 Å². The number of rotatable bonds is 7. The van der Waals surface area contributed by atoms with Gasteiger partial charge in [0.05, 0.1) is 12.1 Å². The summed E-state index contributed by atoms with van der Waals surface area (Å²) in [6.07, 6.45) is 1.52. The predicted octanol–water partition coefficient (Wildman–Crippen LogP) is 2.57. The molecule has 6 heteroatoms. The van der Waals surface area contributed by atoms with E-state index < -0.39 is 5.60 Å². The van der Waals surface area contributed by atoms with Gasteiger partial charge in [0.2, 0.25) is 0 Å². The third-order valence-electron chi connectivity index (χ3n) is 4.81. The Morgan fingerprint density at radius 1 is 1.31 bits per heavy atom. The van der Waals surface area contributed by atoms with Gasteiger partial charge in [0.25, 0.3) is 0 Å². The van der Waals surface area contributed by atoms with Crippen LogP contribution in [0.3, 0.4) is 0 Å². The first-order valence-corrected chi connectivity index (χ1v) is 9.97. The maximum absolute atomic E-state index is 12.3. The fourth-order valence-electron chi connectivity index (χ4n) is 3.44. The van der Waals surface area contributed by atoms with Gasteiger partial charge in [-0.25, -0.2) is 4.79 Å². The van der Waals surface area contributed by atoms with Crippen molar-refractivity contribution in [1.82, 2.24) is 15.1 Å². The number of carbonyl (C=O) groups is 1. The molecule has 1 unspecified atom stereocenters. The number of aliphatic hydroxyl groups is 1. The van der Waals surface area contributed by atoms with Crippen LogP contribution in [0.2, 0.25) is 0 Å². The molecule has 0 radical (unpaired) electrons. The van der Waals surface area contributed by atoms with Gasteiger partial charge in [-0.15, -0.1) is 0 Å². The molecule has 1 aliphatic rings. The van der Waals surface area contributed by atoms with Crippen LogP contribution in [0, 0.1) is 0 Å². The Balaban J connectivity index is 1.42. The van der Waals surface area contributed by atoms with Gasteiger partial charge >= 0.3 is 6.03 Å². The van der Waals surface area contributed by atoms with Crippen molar-refractivity contribution in [3.05, 3.63) is 58.3 Å². The van der Waals surface area contributed by atoms with Crippen molar-refractivity contribution >= 4 is 17.4 Å². The molecule has 3 rings (SSSR count). The number of benzene rings is 1. The molecule has 1 atom stereocenters. The number of nitrogens with zero attached hydrogens (tertiary/aromatic N) is 2. The number of nitrogens with one attached hydrogen (secondary N) is 1. The molecule has 2 amide bonds. The van der Waals surface area contributed by atoms with Gasteiger partial charge in [0.15, 0.2) is 0 Å². The number of urea groups is 1. The van der Waals surface area contributed by atoms with E-state index in [0.717, 1.165) is 19.5 Å². The zero-order chi connectivity index (χ0) is 18.4. The molecule has 0 bridgehead atoms. The van der Waals surface area contributed by atoms with Gasteiger partial charge in [-0.2, -0.15) is 11.3 Å². The quantitative estimate of drug-likeness (QED) is 0.784. The lowest BCUT2D eigenvalue weighted by atomic mass is 10.0. The molecule has 2 heterocycles. The minimum Gasteiger partial charge on any atom is -0.387 e. The van der Waals surface area contributed by atoms with Crippen molar-refractivity contribution in [3.8, 4) is 0 Å². The molecule has 0 saturated carbocycles. The molecule has 1 aromatic heterocycles. The average molecular weight is 374 g/mol. The summed E-state index contributed by atoms with van der Waals surface area (Å²) >= 11 is 1.67. The van der Waals surface area contributed by atoms with Crippen LogP contribution in [0.15, 0.2) is 47.2 Å². The number of thiophene rings is 1. The Morgan fingerprint density at radius 3 is 2.85 bits per heavy atom. The summed E-state index contributed by atoms with van der Waals surface area (Å²) in [6, 6.07) is 12.2. The van der Waals surface area contributed by atoms with E-state index in [9.17, 15) is 9.90 Å². The zero-order valence-electron chi connectivity index (χ0n) is 15.2. The monoisotopic (exact) mass is 373 g/mol. The standard InChI is InChI=1S/C20H27N3O2S/c1-22(19(24)21-10-7-18-8-12-26-14-18)15-20(25)9-11-23(16-20)13-17-5-3-2-4-6-17/h2-6,8,12,14,25H,7,9-11,13,15-16H2,1H3,(H,21,24). The molecule has 1 fully saturated rings. The normalized spacial score (nSPS) is 20.2. The Bertz CT molecular complexity index is 692. The van der Waals surface area contributed by atoms with Crippen molar-refractivity contribution in [1.29, 1.82) is 0 Å². The van der Waals surface area contributed by atoms with Gasteiger partial charge in [0, 0.05) is 33.2 Å². The van der Waals surface area contributed by atoms with E-state index in [4.69, 9.17) is 0 Å². The highest BCUT2D eigenvalue weighted by atomic mass is 32.1. The lowest BCUT2D eigenvalue weighted by Gasteiger charge is -2.29. The molecule has 2 aromatic rings. The van der Waals surface area contributed by atoms with E-state index in [2.05, 4.69) is 33.8 Å². The Morgan fingerprint density at radius 2 is 2.12 bits per heavy atom. The Kier molecular flexibility index (Phi) is 6.29. The first-order valence-electron chi connectivity index (χ1n) is 9.03. The van der Waals surface area contributed by atoms with Gasteiger partial charge in [-0.3, -0.25) is 4.90 Å². The summed E-state index contributed by atoms with van der Waals surface area (Å²) < 4.78 is 0. The molecule has 1 aromatic carbocycles. The molecule has 26 heavy (non-hydrogen) atoms. The van der Waals surface area contributed by atoms with Crippen molar-refractivity contribution in [3.63, 3.8) is 0 Å². The highest BCUT2D eigenvalue weighted by Gasteiger charge is 2.37. The highest BCUT2D eigenvalue weighted by Crippen LogP contribution is 2.23. The van der Waals surface area contributed by atoms with Gasteiger partial charge in [0.1, 0.15) is 0 Å². The van der Waals surface area contributed by atoms with E-state index in [1.54, 1.807) is 23.3 Å². The lowest BCUT2D eigenvalue weighted by Crippen LogP contribution is -2.48. The third-order valence-corrected chi connectivity index (χ3v) is 5.54. The highest BCUT2D eigenvalue weighted by molar-refractivity contribution is 7.07. The minimum absolute atomic E-state index is 0.129. The minimum atomic E-state index is -0.839. The SMILES string of the molecule is CN(CC1(O)CCN(Cc2ccccc2)C1)C(=O)NCCc1ccsc1. The summed E-state index contributed by atoms with van der Waals surface area (Å²) in [5, 5.41) is 17.9. The van der Waals surface area contributed by atoms with E-state index in [-0.39, 0.29) is 6.03 Å². The van der Waals surface area contributed by atoms with E-state index >= 15 is 0 Å². The predicted molar refractivity (Wildman–Crippen MR) is 105 cm³/mol. The fourth-order valence-corrected chi connectivity index (χ4v) is 4.15. The number of hydrogen-bond donors (Lipinski definition) is 2. The van der Waals surface area contributed by atoms with Crippen LogP contribution in [0.4, 0.5) is 4.79 Å². The van der Waals surface area contributed by atoms with Gasteiger partial charge in [-0.05, 0) is 40.8 Å². The summed E-state index contributed by atoms with van der Waals surface area (Å²) in [4.78, 5) is 16.1. The number of β-amino-alcohol motifs (C(OH)–C–C–N with tert-alkyl or cyclic N) is 1. The maximum atomic E-state index is 12.3. The van der Waals surface area contributed by atoms with Crippen LogP contribution in [-0.2, 0) is 13.0 Å². The van der Waals surface area contributed by atoms with Gasteiger partial charge < -0.3 is 15.3 Å². The zero-order valence-corrected chi connectivity index (χ0v) is 16.0. The van der Waals surface area contributed by atoms with Crippen molar-refractivity contribution in [2.24, 2.45) is 0 Å². The van der Waals surface area contributed by atoms with E-state index in [1.807, 2.05) is 23.6 Å². The van der Waals surface area contributed by atoms with E-state index in [0.29, 0.717) is 26.1 Å². The maximum Gasteiger partial charge on any atom is 0.317 e. The fraction of sp³-hybridized carbons (Fsp3) is 0.450. The Hall–Kier alpha value is -1.89. The largest absolute Gasteiger partial charge is 0.387 e. The summed E-state index contributed by atoms with van der Waals surface area (Å²) in [5.41, 5.74) is 1.65. The molecule has 2 N–H and O–H groups in total. The molecule has 5 nitrogen and oxygen atoms in total. The van der Waals surface area contributed by atoms with Crippen LogP contribution in [0.25, 0.3) is 0 Å². The number of likely N-dealkylation sites (tertiary alicyclic amines) is 1. The summed E-state index contributed by atoms with van der Waals surface area (Å²) in [7, 11) is 1.75. The number of hydrogen-bond acceptors (Lipinski definition) is 4. The molecule has 1 aliphatic heterocycles. The van der Waals surface area contributed by atoms with Crippen LogP contribution < -0.4 is 5.32 Å². The molecular formula is C20H27N3O2S. The first kappa shape index (κ1) is 18.9. The van der Waals surface area contributed by atoms with E-state index in [1.165, 1.54) is 11.1 Å². The summed E-state index contributed by atoms with van der Waals surface area (Å²) in [6.45, 7) is 3.23. The van der Waals surface area contributed by atoms with Crippen LogP contribution >= 0.6 is 11.3 Å². The second-order valence-corrected chi connectivity index (χ2v) is 7.92. The molecule has 0 aliphatic carbocycles. The number of amides is 2. The third kappa shape index (κ3) is 5.30. The topological polar surface area (TPSA) is 55.8 Å². The van der Waals surface area contributed by atoms with Gasteiger partial charge in [-0.1, -0.05) is 30.3 Å². The Labute approximate surface area is 159 Å².